The minimum atomic E-state index is -0.0212. The smallest absolute Gasteiger partial charge is 0.267 e. The molecule has 1 aliphatic carbocycles. The number of rotatable bonds is 5. The number of fused-ring (bicyclic) bond motifs is 4. The van der Waals surface area contributed by atoms with Crippen LogP contribution in [-0.4, -0.2) is 23.5 Å². The SMILES string of the molecule is COc1ccccc1-n1c(SCc2ccc3c(c2)OCO3)nc2sc3c(c2c1=O)CCC3. The van der Waals surface area contributed by atoms with Crippen LogP contribution in [0.2, 0.25) is 0 Å². The van der Waals surface area contributed by atoms with Crippen molar-refractivity contribution < 1.29 is 14.2 Å². The number of benzene rings is 2. The standard InChI is InChI=1S/C24H20N2O4S2/c1-28-17-7-3-2-6-16(17)26-23(27)21-15-5-4-8-20(15)32-22(21)25-24(26)31-12-14-9-10-18-19(11-14)30-13-29-18/h2-3,6-7,9-11H,4-5,8,12-13H2,1H3. The van der Waals surface area contributed by atoms with Gasteiger partial charge in [-0.3, -0.25) is 9.36 Å². The maximum Gasteiger partial charge on any atom is 0.267 e. The molecule has 2 aliphatic rings. The highest BCUT2D eigenvalue weighted by Gasteiger charge is 2.25. The number of aromatic nitrogens is 2. The first-order valence-electron chi connectivity index (χ1n) is 10.4. The van der Waals surface area contributed by atoms with E-state index < -0.39 is 0 Å². The van der Waals surface area contributed by atoms with E-state index in [9.17, 15) is 4.79 Å². The lowest BCUT2D eigenvalue weighted by atomic mass is 10.2. The lowest BCUT2D eigenvalue weighted by molar-refractivity contribution is 0.174. The van der Waals surface area contributed by atoms with E-state index in [2.05, 4.69) is 0 Å². The van der Waals surface area contributed by atoms with Crippen LogP contribution in [-0.2, 0) is 18.6 Å². The molecule has 162 valence electrons. The summed E-state index contributed by atoms with van der Waals surface area (Å²) in [6.07, 6.45) is 3.08. The fourth-order valence-corrected chi connectivity index (χ4v) is 6.58. The summed E-state index contributed by atoms with van der Waals surface area (Å²) < 4.78 is 18.2. The highest BCUT2D eigenvalue weighted by Crippen LogP contribution is 2.38. The maximum atomic E-state index is 13.8. The van der Waals surface area contributed by atoms with E-state index in [0.29, 0.717) is 22.3 Å². The van der Waals surface area contributed by atoms with E-state index in [-0.39, 0.29) is 12.4 Å². The molecule has 32 heavy (non-hydrogen) atoms. The van der Waals surface area contributed by atoms with Gasteiger partial charge in [0.05, 0.1) is 18.2 Å². The van der Waals surface area contributed by atoms with Crippen molar-refractivity contribution in [2.75, 3.05) is 13.9 Å². The molecule has 8 heteroatoms. The lowest BCUT2D eigenvalue weighted by Gasteiger charge is -2.15. The van der Waals surface area contributed by atoms with Gasteiger partial charge in [-0.2, -0.15) is 0 Å². The van der Waals surface area contributed by atoms with Crippen LogP contribution in [0.25, 0.3) is 15.9 Å². The Morgan fingerprint density at radius 2 is 2.03 bits per heavy atom. The third-order valence-corrected chi connectivity index (χ3v) is 8.03. The first-order valence-corrected chi connectivity index (χ1v) is 12.2. The summed E-state index contributed by atoms with van der Waals surface area (Å²) in [4.78, 5) is 20.9. The van der Waals surface area contributed by atoms with Crippen molar-refractivity contribution in [1.82, 2.24) is 9.55 Å². The van der Waals surface area contributed by atoms with Crippen LogP contribution in [0.3, 0.4) is 0 Å². The molecule has 0 radical (unpaired) electrons. The average Bonchev–Trinajstić information content (AvgIpc) is 3.53. The largest absolute Gasteiger partial charge is 0.495 e. The van der Waals surface area contributed by atoms with Gasteiger partial charge in [0.1, 0.15) is 10.6 Å². The molecule has 0 unspecified atom stereocenters. The summed E-state index contributed by atoms with van der Waals surface area (Å²) in [6, 6.07) is 13.5. The van der Waals surface area contributed by atoms with Gasteiger partial charge in [-0.05, 0) is 54.7 Å². The summed E-state index contributed by atoms with van der Waals surface area (Å²) in [5, 5.41) is 1.42. The Morgan fingerprint density at radius 3 is 2.94 bits per heavy atom. The lowest BCUT2D eigenvalue weighted by Crippen LogP contribution is -2.22. The number of aryl methyl sites for hydroxylation is 2. The van der Waals surface area contributed by atoms with Crippen LogP contribution in [0.5, 0.6) is 17.2 Å². The molecule has 0 bridgehead atoms. The van der Waals surface area contributed by atoms with Crippen LogP contribution >= 0.6 is 23.1 Å². The van der Waals surface area contributed by atoms with Crippen LogP contribution in [0.15, 0.2) is 52.4 Å². The molecule has 0 spiro atoms. The molecule has 0 amide bonds. The predicted molar refractivity (Wildman–Crippen MR) is 126 cm³/mol. The van der Waals surface area contributed by atoms with Gasteiger partial charge >= 0.3 is 0 Å². The van der Waals surface area contributed by atoms with E-state index >= 15 is 0 Å². The Hall–Kier alpha value is -2.97. The number of thiophene rings is 1. The first-order chi connectivity index (χ1) is 15.7. The zero-order chi connectivity index (χ0) is 21.7. The molecule has 2 aromatic heterocycles. The van der Waals surface area contributed by atoms with Gasteiger partial charge in [-0.15, -0.1) is 11.3 Å². The number of para-hydroxylation sites is 2. The van der Waals surface area contributed by atoms with E-state index in [4.69, 9.17) is 19.2 Å². The van der Waals surface area contributed by atoms with Gasteiger partial charge in [-0.1, -0.05) is 30.0 Å². The van der Waals surface area contributed by atoms with Crippen molar-refractivity contribution in [3.05, 3.63) is 68.8 Å². The van der Waals surface area contributed by atoms with Crippen molar-refractivity contribution in [2.45, 2.75) is 30.2 Å². The van der Waals surface area contributed by atoms with E-state index in [0.717, 1.165) is 46.5 Å². The molecule has 2 aromatic carbocycles. The van der Waals surface area contributed by atoms with Crippen LogP contribution in [0.4, 0.5) is 0 Å². The van der Waals surface area contributed by atoms with Crippen molar-refractivity contribution in [1.29, 1.82) is 0 Å². The molecule has 0 atom stereocenters. The highest BCUT2D eigenvalue weighted by atomic mass is 32.2. The number of hydrogen-bond acceptors (Lipinski definition) is 7. The molecular formula is C24H20N2O4S2. The second-order valence-corrected chi connectivity index (χ2v) is 9.75. The number of thioether (sulfide) groups is 1. The second kappa shape index (κ2) is 7.86. The maximum absolute atomic E-state index is 13.8. The minimum Gasteiger partial charge on any atom is -0.495 e. The molecule has 0 saturated heterocycles. The van der Waals surface area contributed by atoms with Crippen molar-refractivity contribution in [2.24, 2.45) is 0 Å². The van der Waals surface area contributed by atoms with Crippen molar-refractivity contribution in [3.8, 4) is 22.9 Å². The van der Waals surface area contributed by atoms with Gasteiger partial charge in [0.25, 0.3) is 5.56 Å². The quantitative estimate of drug-likeness (QED) is 0.307. The topological polar surface area (TPSA) is 62.6 Å². The molecule has 4 aromatic rings. The number of nitrogens with zero attached hydrogens (tertiary/aromatic N) is 2. The molecule has 0 fully saturated rings. The highest BCUT2D eigenvalue weighted by molar-refractivity contribution is 7.98. The summed E-state index contributed by atoms with van der Waals surface area (Å²) >= 11 is 3.20. The molecule has 1 aliphatic heterocycles. The fraction of sp³-hybridized carbons (Fsp3) is 0.250. The summed E-state index contributed by atoms with van der Waals surface area (Å²) in [5.41, 5.74) is 2.94. The van der Waals surface area contributed by atoms with Gasteiger partial charge < -0.3 is 14.2 Å². The monoisotopic (exact) mass is 464 g/mol. The minimum absolute atomic E-state index is 0.0212. The van der Waals surface area contributed by atoms with Gasteiger partial charge in [0.15, 0.2) is 16.7 Å². The van der Waals surface area contributed by atoms with E-state index in [1.807, 2.05) is 42.5 Å². The van der Waals surface area contributed by atoms with Crippen LogP contribution in [0, 0.1) is 0 Å². The molecule has 0 N–H and O–H groups in total. The van der Waals surface area contributed by atoms with Crippen molar-refractivity contribution >= 4 is 33.3 Å². The zero-order valence-electron chi connectivity index (χ0n) is 17.4. The third-order valence-electron chi connectivity index (χ3n) is 5.84. The Labute approximate surface area is 192 Å². The average molecular weight is 465 g/mol. The third kappa shape index (κ3) is 3.17. The Bertz CT molecular complexity index is 1410. The molecular weight excluding hydrogens is 444 g/mol. The molecule has 6 rings (SSSR count). The van der Waals surface area contributed by atoms with E-state index in [1.54, 1.807) is 23.0 Å². The molecule has 0 saturated carbocycles. The van der Waals surface area contributed by atoms with Crippen LogP contribution in [0.1, 0.15) is 22.4 Å². The fourth-order valence-electron chi connectivity index (χ4n) is 4.33. The Balaban J connectivity index is 1.48. The van der Waals surface area contributed by atoms with Gasteiger partial charge in [0.2, 0.25) is 6.79 Å². The number of ether oxygens (including phenoxy) is 3. The van der Waals surface area contributed by atoms with Crippen molar-refractivity contribution in [3.63, 3.8) is 0 Å². The summed E-state index contributed by atoms with van der Waals surface area (Å²) in [6.45, 7) is 0.251. The predicted octanol–water partition coefficient (Wildman–Crippen LogP) is 4.97. The second-order valence-electron chi connectivity index (χ2n) is 7.72. The Kier molecular flexibility index (Phi) is 4.84. The number of methoxy groups -OCH3 is 1. The zero-order valence-corrected chi connectivity index (χ0v) is 19.1. The normalized spacial score (nSPS) is 14.2. The first kappa shape index (κ1) is 19.7. The summed E-state index contributed by atoms with van der Waals surface area (Å²) in [7, 11) is 1.62. The molecule has 6 nitrogen and oxygen atoms in total. The van der Waals surface area contributed by atoms with Gasteiger partial charge in [0, 0.05) is 10.6 Å². The summed E-state index contributed by atoms with van der Waals surface area (Å²) in [5.74, 6) is 2.81. The number of hydrogen-bond donors (Lipinski definition) is 0. The van der Waals surface area contributed by atoms with Gasteiger partial charge in [-0.25, -0.2) is 4.98 Å². The van der Waals surface area contributed by atoms with Crippen LogP contribution < -0.4 is 19.8 Å². The molecule has 3 heterocycles. The Morgan fingerprint density at radius 1 is 1.16 bits per heavy atom. The van der Waals surface area contributed by atoms with E-state index in [1.165, 1.54) is 22.2 Å².